The van der Waals surface area contributed by atoms with Crippen molar-refractivity contribution in [3.8, 4) is 0 Å². The third kappa shape index (κ3) is 3.08. The highest BCUT2D eigenvalue weighted by Gasteiger charge is 2.34. The van der Waals surface area contributed by atoms with Crippen molar-refractivity contribution >= 4 is 29.6 Å². The molecule has 1 aromatic carbocycles. The van der Waals surface area contributed by atoms with Crippen LogP contribution in [0.15, 0.2) is 42.5 Å². The predicted molar refractivity (Wildman–Crippen MR) is 91.3 cm³/mol. The topological polar surface area (TPSA) is 69.7 Å². The summed E-state index contributed by atoms with van der Waals surface area (Å²) in [6.07, 6.45) is 5.35. The third-order valence-corrected chi connectivity index (χ3v) is 4.17. The molecule has 0 bridgehead atoms. The second-order valence-corrected chi connectivity index (χ2v) is 5.81. The SMILES string of the molecule is C=CCN1C(=O)NC(=O)/C(=C\c2ccc(N3CCCC3)cc2)C1=O. The molecule has 124 valence electrons. The summed E-state index contributed by atoms with van der Waals surface area (Å²) in [7, 11) is 0. The smallest absolute Gasteiger partial charge is 0.331 e. The van der Waals surface area contributed by atoms with E-state index in [1.165, 1.54) is 25.0 Å². The molecule has 24 heavy (non-hydrogen) atoms. The number of rotatable bonds is 4. The maximum absolute atomic E-state index is 12.3. The van der Waals surface area contributed by atoms with Crippen LogP contribution in [-0.2, 0) is 9.59 Å². The van der Waals surface area contributed by atoms with Crippen molar-refractivity contribution < 1.29 is 14.4 Å². The van der Waals surface area contributed by atoms with Gasteiger partial charge >= 0.3 is 6.03 Å². The molecule has 0 atom stereocenters. The maximum atomic E-state index is 12.3. The minimum absolute atomic E-state index is 0.0506. The lowest BCUT2D eigenvalue weighted by Gasteiger charge is -2.25. The van der Waals surface area contributed by atoms with Crippen LogP contribution in [0.3, 0.4) is 0 Å². The van der Waals surface area contributed by atoms with Gasteiger partial charge in [0.25, 0.3) is 11.8 Å². The number of urea groups is 1. The van der Waals surface area contributed by atoms with E-state index in [1.807, 2.05) is 24.3 Å². The summed E-state index contributed by atoms with van der Waals surface area (Å²) in [4.78, 5) is 39.3. The number of hydrogen-bond acceptors (Lipinski definition) is 4. The summed E-state index contributed by atoms with van der Waals surface area (Å²) in [6, 6.07) is 6.99. The van der Waals surface area contributed by atoms with Crippen molar-refractivity contribution in [3.05, 3.63) is 48.1 Å². The van der Waals surface area contributed by atoms with Gasteiger partial charge in [0.05, 0.1) is 0 Å². The quantitative estimate of drug-likeness (QED) is 0.522. The zero-order valence-corrected chi connectivity index (χ0v) is 13.3. The fourth-order valence-corrected chi connectivity index (χ4v) is 2.91. The number of imide groups is 2. The molecule has 4 amide bonds. The molecule has 6 heteroatoms. The Labute approximate surface area is 140 Å². The maximum Gasteiger partial charge on any atom is 0.331 e. The highest BCUT2D eigenvalue weighted by atomic mass is 16.2. The minimum Gasteiger partial charge on any atom is -0.372 e. The van der Waals surface area contributed by atoms with E-state index in [2.05, 4.69) is 16.8 Å². The molecule has 2 fully saturated rings. The van der Waals surface area contributed by atoms with Gasteiger partial charge in [0.1, 0.15) is 5.57 Å². The van der Waals surface area contributed by atoms with Crippen molar-refractivity contribution in [3.63, 3.8) is 0 Å². The van der Waals surface area contributed by atoms with Crippen LogP contribution in [0.2, 0.25) is 0 Å². The average molecular weight is 325 g/mol. The number of carbonyl (C=O) groups is 3. The number of nitrogens with one attached hydrogen (secondary N) is 1. The van der Waals surface area contributed by atoms with Crippen LogP contribution >= 0.6 is 0 Å². The molecule has 0 spiro atoms. The van der Waals surface area contributed by atoms with Crippen molar-refractivity contribution in [2.45, 2.75) is 12.8 Å². The fourth-order valence-electron chi connectivity index (χ4n) is 2.91. The van der Waals surface area contributed by atoms with Gasteiger partial charge in [0, 0.05) is 25.3 Å². The van der Waals surface area contributed by atoms with Crippen molar-refractivity contribution in [2.24, 2.45) is 0 Å². The number of hydrogen-bond donors (Lipinski definition) is 1. The number of anilines is 1. The highest BCUT2D eigenvalue weighted by molar-refractivity contribution is 6.31. The van der Waals surface area contributed by atoms with Crippen LogP contribution in [0.5, 0.6) is 0 Å². The van der Waals surface area contributed by atoms with Gasteiger partial charge in [-0.3, -0.25) is 19.8 Å². The van der Waals surface area contributed by atoms with Gasteiger partial charge in [-0.05, 0) is 36.6 Å². The Balaban J connectivity index is 1.83. The van der Waals surface area contributed by atoms with Gasteiger partial charge in [0.2, 0.25) is 0 Å². The number of carbonyl (C=O) groups excluding carboxylic acids is 3. The molecule has 1 aromatic rings. The molecule has 2 saturated heterocycles. The van der Waals surface area contributed by atoms with Crippen LogP contribution in [0.25, 0.3) is 6.08 Å². The molecule has 6 nitrogen and oxygen atoms in total. The summed E-state index contributed by atoms with van der Waals surface area (Å²) in [6.45, 7) is 5.69. The monoisotopic (exact) mass is 325 g/mol. The molecule has 0 saturated carbocycles. The molecule has 0 aliphatic carbocycles. The standard InChI is InChI=1S/C18H19N3O3/c1-2-9-21-17(23)15(16(22)19-18(21)24)12-13-5-7-14(8-6-13)20-10-3-4-11-20/h2,5-8,12H,1,3-4,9-11H2,(H,19,22,24)/b15-12+. The Morgan fingerprint density at radius 3 is 2.38 bits per heavy atom. The van der Waals surface area contributed by atoms with E-state index < -0.39 is 17.8 Å². The van der Waals surface area contributed by atoms with Crippen molar-refractivity contribution in [2.75, 3.05) is 24.5 Å². The molecule has 1 N–H and O–H groups in total. The van der Waals surface area contributed by atoms with E-state index in [-0.39, 0.29) is 12.1 Å². The molecule has 0 radical (unpaired) electrons. The Bertz CT molecular complexity index is 716. The van der Waals surface area contributed by atoms with Crippen LogP contribution in [-0.4, -0.2) is 42.4 Å². The van der Waals surface area contributed by atoms with Crippen LogP contribution in [0, 0.1) is 0 Å². The van der Waals surface area contributed by atoms with Gasteiger partial charge in [-0.25, -0.2) is 4.79 Å². The van der Waals surface area contributed by atoms with Crippen molar-refractivity contribution in [1.82, 2.24) is 10.2 Å². The lowest BCUT2D eigenvalue weighted by atomic mass is 10.1. The van der Waals surface area contributed by atoms with Crippen LogP contribution < -0.4 is 10.2 Å². The lowest BCUT2D eigenvalue weighted by molar-refractivity contribution is -0.129. The first-order chi connectivity index (χ1) is 11.6. The van der Waals surface area contributed by atoms with E-state index in [9.17, 15) is 14.4 Å². The number of nitrogens with zero attached hydrogens (tertiary/aromatic N) is 2. The summed E-state index contributed by atoms with van der Waals surface area (Å²) < 4.78 is 0. The van der Waals surface area contributed by atoms with E-state index >= 15 is 0 Å². The molecule has 0 unspecified atom stereocenters. The number of benzene rings is 1. The molecule has 2 aliphatic rings. The zero-order chi connectivity index (χ0) is 17.1. The van der Waals surface area contributed by atoms with Gasteiger partial charge in [-0.1, -0.05) is 18.2 Å². The molecular weight excluding hydrogens is 306 g/mol. The Hall–Kier alpha value is -2.89. The van der Waals surface area contributed by atoms with Gasteiger partial charge in [0.15, 0.2) is 0 Å². The molecular formula is C18H19N3O3. The zero-order valence-electron chi connectivity index (χ0n) is 13.3. The first-order valence-corrected chi connectivity index (χ1v) is 7.95. The second kappa shape index (κ2) is 6.70. The van der Waals surface area contributed by atoms with E-state index in [1.54, 1.807) is 0 Å². The summed E-state index contributed by atoms with van der Waals surface area (Å²) in [5, 5.41) is 2.17. The van der Waals surface area contributed by atoms with Gasteiger partial charge in [-0.2, -0.15) is 0 Å². The number of barbiturate groups is 1. The third-order valence-electron chi connectivity index (χ3n) is 4.17. The molecule has 2 aliphatic heterocycles. The van der Waals surface area contributed by atoms with Crippen LogP contribution in [0.4, 0.5) is 10.5 Å². The number of amides is 4. The average Bonchev–Trinajstić information content (AvgIpc) is 3.10. The first kappa shape index (κ1) is 16.0. The lowest BCUT2D eigenvalue weighted by Crippen LogP contribution is -2.54. The van der Waals surface area contributed by atoms with Crippen molar-refractivity contribution in [1.29, 1.82) is 0 Å². The Morgan fingerprint density at radius 2 is 1.75 bits per heavy atom. The highest BCUT2D eigenvalue weighted by Crippen LogP contribution is 2.22. The largest absolute Gasteiger partial charge is 0.372 e. The predicted octanol–water partition coefficient (Wildman–Crippen LogP) is 1.93. The molecule has 2 heterocycles. The first-order valence-electron chi connectivity index (χ1n) is 7.95. The summed E-state index contributed by atoms with van der Waals surface area (Å²) in [5.41, 5.74) is 1.83. The molecule has 3 rings (SSSR count). The fraction of sp³-hybridized carbons (Fsp3) is 0.278. The Morgan fingerprint density at radius 1 is 1.08 bits per heavy atom. The van der Waals surface area contributed by atoms with Gasteiger partial charge in [-0.15, -0.1) is 6.58 Å². The van der Waals surface area contributed by atoms with Gasteiger partial charge < -0.3 is 4.90 Å². The minimum atomic E-state index is -0.716. The van der Waals surface area contributed by atoms with E-state index in [4.69, 9.17) is 0 Å². The second-order valence-electron chi connectivity index (χ2n) is 5.81. The summed E-state index contributed by atoms with van der Waals surface area (Å²) >= 11 is 0. The molecule has 0 aromatic heterocycles. The van der Waals surface area contributed by atoms with Crippen LogP contribution in [0.1, 0.15) is 18.4 Å². The van der Waals surface area contributed by atoms with E-state index in [0.717, 1.165) is 29.2 Å². The normalized spacial score (nSPS) is 19.8. The summed E-state index contributed by atoms with van der Waals surface area (Å²) in [5.74, 6) is -1.28. The Kier molecular flexibility index (Phi) is 4.46. The van der Waals surface area contributed by atoms with E-state index in [0.29, 0.717) is 0 Å².